The minimum atomic E-state index is -1.18. The molecular weight excluding hydrogens is 366 g/mol. The minimum Gasteiger partial charge on any atom is -0.395 e. The lowest BCUT2D eigenvalue weighted by molar-refractivity contribution is -0.111. The highest BCUT2D eigenvalue weighted by Crippen LogP contribution is 2.24. The summed E-state index contributed by atoms with van der Waals surface area (Å²) >= 11 is 0. The summed E-state index contributed by atoms with van der Waals surface area (Å²) in [6, 6.07) is 0. The number of aliphatic hydroxyl groups excluding tert-OH is 2. The molecule has 0 heterocycles. The van der Waals surface area contributed by atoms with Gasteiger partial charge in [-0.25, -0.2) is 0 Å². The summed E-state index contributed by atoms with van der Waals surface area (Å²) in [4.78, 5) is 12.4. The molecule has 174 valence electrons. The van der Waals surface area contributed by atoms with Gasteiger partial charge in [0.2, 0.25) is 0 Å². The second-order valence-electron chi connectivity index (χ2n) is 9.88. The fraction of sp³-hybridized carbons (Fsp3) is 0.958. The van der Waals surface area contributed by atoms with Crippen LogP contribution in [0.3, 0.4) is 0 Å². The van der Waals surface area contributed by atoms with E-state index in [-0.39, 0.29) is 19.7 Å². The van der Waals surface area contributed by atoms with E-state index in [1.165, 1.54) is 38.5 Å². The summed E-state index contributed by atoms with van der Waals surface area (Å²) in [7, 11) is 0. The fourth-order valence-electron chi connectivity index (χ4n) is 3.90. The summed E-state index contributed by atoms with van der Waals surface area (Å²) in [6.45, 7) is 11.5. The first kappa shape index (κ1) is 28.5. The first-order valence-corrected chi connectivity index (χ1v) is 11.8. The molecule has 0 aromatic rings. The average Bonchev–Trinajstić information content (AvgIpc) is 2.61. The van der Waals surface area contributed by atoms with E-state index in [1.54, 1.807) is 11.8 Å². The Morgan fingerprint density at radius 1 is 0.931 bits per heavy atom. The number of rotatable bonds is 19. The zero-order valence-electron chi connectivity index (χ0n) is 19.8. The second-order valence-corrected chi connectivity index (χ2v) is 9.88. The zero-order chi connectivity index (χ0) is 22.3. The highest BCUT2D eigenvalue weighted by Gasteiger charge is 2.31. The van der Waals surface area contributed by atoms with Crippen LogP contribution in [-0.2, 0) is 4.79 Å². The maximum atomic E-state index is 10.7. The lowest BCUT2D eigenvalue weighted by Gasteiger charge is -2.33. The molecule has 0 aromatic carbocycles. The largest absolute Gasteiger partial charge is 0.395 e. The third-order valence-electron chi connectivity index (χ3n) is 6.15. The number of carbonyl (C=O) groups excluding carboxylic acids is 1. The summed E-state index contributed by atoms with van der Waals surface area (Å²) < 4.78 is 0. The molecule has 0 fully saturated rings. The maximum Gasteiger partial charge on any atom is 0.133 e. The number of carbonyl (C=O) groups is 1. The van der Waals surface area contributed by atoms with Crippen molar-refractivity contribution in [2.75, 3.05) is 26.2 Å². The van der Waals surface area contributed by atoms with E-state index in [0.29, 0.717) is 18.9 Å². The monoisotopic (exact) mass is 415 g/mol. The lowest BCUT2D eigenvalue weighted by Crippen LogP contribution is -2.47. The minimum absolute atomic E-state index is 0.0729. The quantitative estimate of drug-likeness (QED) is 0.278. The van der Waals surface area contributed by atoms with Crippen molar-refractivity contribution in [1.82, 2.24) is 4.90 Å². The Morgan fingerprint density at radius 2 is 1.45 bits per heavy atom. The summed E-state index contributed by atoms with van der Waals surface area (Å²) in [5.74, 6) is 2.25. The van der Waals surface area contributed by atoms with Crippen LogP contribution in [0.1, 0.15) is 92.4 Å². The molecule has 0 aliphatic heterocycles. The average molecular weight is 416 g/mol. The number of aldehydes is 1. The number of hydrogen-bond acceptors (Lipinski definition) is 5. The summed E-state index contributed by atoms with van der Waals surface area (Å²) in [5, 5.41) is 30.1. The number of hydrogen-bond donors (Lipinski definition) is 3. The van der Waals surface area contributed by atoms with E-state index in [9.17, 15) is 15.0 Å². The molecule has 29 heavy (non-hydrogen) atoms. The van der Waals surface area contributed by atoms with Gasteiger partial charge < -0.3 is 20.1 Å². The van der Waals surface area contributed by atoms with Gasteiger partial charge in [-0.05, 0) is 31.1 Å². The lowest BCUT2D eigenvalue weighted by atomic mass is 9.88. The van der Waals surface area contributed by atoms with Gasteiger partial charge in [-0.15, -0.1) is 0 Å². The zero-order valence-corrected chi connectivity index (χ0v) is 19.8. The van der Waals surface area contributed by atoms with Crippen LogP contribution in [0.5, 0.6) is 0 Å². The Hall–Kier alpha value is -0.490. The van der Waals surface area contributed by atoms with Crippen LogP contribution < -0.4 is 0 Å². The number of aliphatic hydroxyl groups is 3. The molecule has 0 rings (SSSR count). The molecule has 0 saturated carbocycles. The van der Waals surface area contributed by atoms with Crippen molar-refractivity contribution in [2.45, 2.75) is 104 Å². The van der Waals surface area contributed by atoms with Gasteiger partial charge in [-0.2, -0.15) is 0 Å². The van der Waals surface area contributed by atoms with Crippen LogP contribution in [0.25, 0.3) is 0 Å². The van der Waals surface area contributed by atoms with Crippen LogP contribution >= 0.6 is 0 Å². The van der Waals surface area contributed by atoms with Gasteiger partial charge in [0.15, 0.2) is 0 Å². The van der Waals surface area contributed by atoms with E-state index in [4.69, 9.17) is 5.11 Å². The molecular formula is C24H49NO4. The fourth-order valence-corrected chi connectivity index (χ4v) is 3.90. The molecule has 0 saturated heterocycles. The summed E-state index contributed by atoms with van der Waals surface area (Å²) in [5.41, 5.74) is -1.18. The molecule has 0 radical (unpaired) electrons. The van der Waals surface area contributed by atoms with Gasteiger partial charge in [-0.1, -0.05) is 79.1 Å². The Balaban J connectivity index is 4.04. The van der Waals surface area contributed by atoms with Gasteiger partial charge in [0, 0.05) is 13.1 Å². The molecule has 5 heteroatoms. The molecule has 0 aromatic heterocycles. The highest BCUT2D eigenvalue weighted by molar-refractivity contribution is 5.51. The molecule has 4 atom stereocenters. The summed E-state index contributed by atoms with van der Waals surface area (Å²) in [6.07, 6.45) is 10.1. The molecule has 3 N–H and O–H groups in total. The van der Waals surface area contributed by atoms with Gasteiger partial charge in [0.25, 0.3) is 0 Å². The number of nitrogens with zero attached hydrogens (tertiary/aromatic N) is 1. The highest BCUT2D eigenvalue weighted by atomic mass is 16.3. The van der Waals surface area contributed by atoms with Crippen molar-refractivity contribution in [1.29, 1.82) is 0 Å². The molecule has 0 aliphatic rings. The Bertz CT molecular complexity index is 400. The van der Waals surface area contributed by atoms with Crippen molar-refractivity contribution in [2.24, 2.45) is 17.8 Å². The molecule has 0 spiro atoms. The van der Waals surface area contributed by atoms with Gasteiger partial charge in [0.1, 0.15) is 6.29 Å². The van der Waals surface area contributed by atoms with E-state index in [0.717, 1.165) is 31.0 Å². The smallest absolute Gasteiger partial charge is 0.133 e. The molecule has 0 aliphatic carbocycles. The van der Waals surface area contributed by atoms with Crippen LogP contribution in [0.15, 0.2) is 0 Å². The van der Waals surface area contributed by atoms with Crippen molar-refractivity contribution in [3.8, 4) is 0 Å². The van der Waals surface area contributed by atoms with Crippen LogP contribution in [0.2, 0.25) is 0 Å². The van der Waals surface area contributed by atoms with Gasteiger partial charge >= 0.3 is 0 Å². The standard InChI is InChI=1S/C24H49NO4/c1-20(2)9-6-10-21(3)11-7-12-22(4)13-8-14-24(5,29)23(28)19-25(15-17-26)16-18-27/h17,20-23,27-29H,6-16,18-19H2,1-5H3. The van der Waals surface area contributed by atoms with Crippen molar-refractivity contribution >= 4 is 6.29 Å². The third kappa shape index (κ3) is 15.0. The Morgan fingerprint density at radius 3 is 1.93 bits per heavy atom. The molecule has 0 bridgehead atoms. The van der Waals surface area contributed by atoms with Gasteiger partial charge in [-0.3, -0.25) is 4.90 Å². The first-order valence-electron chi connectivity index (χ1n) is 11.8. The predicted octanol–water partition coefficient (Wildman–Crippen LogP) is 4.03. The normalized spacial score (nSPS) is 17.3. The third-order valence-corrected chi connectivity index (χ3v) is 6.15. The Labute approximate surface area is 179 Å². The van der Waals surface area contributed by atoms with Crippen molar-refractivity contribution < 1.29 is 20.1 Å². The van der Waals surface area contributed by atoms with Crippen molar-refractivity contribution in [3.05, 3.63) is 0 Å². The van der Waals surface area contributed by atoms with Crippen LogP contribution in [0.4, 0.5) is 0 Å². The van der Waals surface area contributed by atoms with Gasteiger partial charge in [0.05, 0.1) is 24.9 Å². The van der Waals surface area contributed by atoms with Crippen LogP contribution in [0, 0.1) is 17.8 Å². The van der Waals surface area contributed by atoms with E-state index >= 15 is 0 Å². The van der Waals surface area contributed by atoms with E-state index in [2.05, 4.69) is 27.7 Å². The predicted molar refractivity (Wildman–Crippen MR) is 121 cm³/mol. The topological polar surface area (TPSA) is 81.0 Å². The second kappa shape index (κ2) is 16.2. The van der Waals surface area contributed by atoms with E-state index < -0.39 is 11.7 Å². The molecule has 4 unspecified atom stereocenters. The maximum absolute atomic E-state index is 10.7. The first-order chi connectivity index (χ1) is 13.6. The SMILES string of the molecule is CC(C)CCCC(C)CCCC(C)CCCC(C)(O)C(O)CN(CC=O)CCO. The van der Waals surface area contributed by atoms with E-state index in [1.807, 2.05) is 0 Å². The Kier molecular flexibility index (Phi) is 16.0. The molecule has 0 amide bonds. The van der Waals surface area contributed by atoms with Crippen molar-refractivity contribution in [3.63, 3.8) is 0 Å². The molecule has 5 nitrogen and oxygen atoms in total. The van der Waals surface area contributed by atoms with Crippen LogP contribution in [-0.4, -0.2) is 64.5 Å².